The van der Waals surface area contributed by atoms with Crippen molar-refractivity contribution in [1.82, 2.24) is 0 Å². The monoisotopic (exact) mass is 780 g/mol. The Kier molecular flexibility index (Phi) is 16.2. The molecule has 10 nitrogen and oxygen atoms in total. The van der Waals surface area contributed by atoms with Crippen LogP contribution in [0.4, 0.5) is 0 Å². The van der Waals surface area contributed by atoms with Crippen LogP contribution in [0.25, 0.3) is 0 Å². The third-order valence-electron chi connectivity index (χ3n) is 11.6. The van der Waals surface area contributed by atoms with Crippen molar-refractivity contribution in [3.8, 4) is 0 Å². The number of fused-ring (bicyclic) bond motifs is 1. The van der Waals surface area contributed by atoms with Crippen molar-refractivity contribution in [2.75, 3.05) is 13.2 Å². The zero-order valence-electron chi connectivity index (χ0n) is 35.1. The maximum Gasteiger partial charge on any atom is 0.161 e. The quantitative estimate of drug-likeness (QED) is 0.0426. The molecule has 2 aliphatic carbocycles. The molecule has 9 atom stereocenters. The highest BCUT2D eigenvalue weighted by molar-refractivity contribution is 5.96. The van der Waals surface area contributed by atoms with E-state index in [0.29, 0.717) is 31.3 Å². The normalized spacial score (nSPS) is 32.0. The van der Waals surface area contributed by atoms with Crippen LogP contribution in [0.15, 0.2) is 100 Å². The van der Waals surface area contributed by atoms with Crippen molar-refractivity contribution in [2.45, 2.75) is 155 Å². The number of aliphatic hydroxyl groups is 7. The summed E-state index contributed by atoms with van der Waals surface area (Å²) >= 11 is 0. The molecule has 3 aliphatic rings. The predicted molar refractivity (Wildman–Crippen MR) is 219 cm³/mol. The molecule has 4 unspecified atom stereocenters. The smallest absolute Gasteiger partial charge is 0.161 e. The van der Waals surface area contributed by atoms with Gasteiger partial charge in [-0.2, -0.15) is 0 Å². The molecule has 0 spiro atoms. The number of Topliss-reactive ketones (excluding diaryl/α,β-unsaturated/α-hetero) is 1. The van der Waals surface area contributed by atoms with Crippen LogP contribution in [0.3, 0.4) is 0 Å². The highest BCUT2D eigenvalue weighted by atomic mass is 16.6. The lowest BCUT2D eigenvalue weighted by Crippen LogP contribution is -2.50. The van der Waals surface area contributed by atoms with Crippen LogP contribution in [-0.2, 0) is 14.3 Å². The maximum atomic E-state index is 13.4. The van der Waals surface area contributed by atoms with Gasteiger partial charge in [-0.05, 0) is 82.4 Å². The van der Waals surface area contributed by atoms with E-state index in [1.54, 1.807) is 13.8 Å². The molecule has 0 bridgehead atoms. The number of epoxide rings is 1. The average molecular weight is 781 g/mol. The van der Waals surface area contributed by atoms with E-state index >= 15 is 0 Å². The van der Waals surface area contributed by atoms with E-state index in [1.165, 1.54) is 0 Å². The summed E-state index contributed by atoms with van der Waals surface area (Å²) < 4.78 is 12.3. The molecule has 1 heterocycles. The molecule has 0 aromatic carbocycles. The second-order valence-corrected chi connectivity index (χ2v) is 17.9. The van der Waals surface area contributed by atoms with Gasteiger partial charge in [-0.1, -0.05) is 99.6 Å². The molecule has 0 radical (unpaired) electrons. The van der Waals surface area contributed by atoms with Gasteiger partial charge in [0.1, 0.15) is 30.0 Å². The van der Waals surface area contributed by atoms with E-state index in [0.717, 1.165) is 22.3 Å². The highest BCUT2D eigenvalue weighted by Gasteiger charge is 2.76. The largest absolute Gasteiger partial charge is 0.394 e. The number of carbonyl (C=O) groups excluding carboxylic acids is 1. The summed E-state index contributed by atoms with van der Waals surface area (Å²) in [6, 6.07) is 0. The third kappa shape index (κ3) is 12.0. The summed E-state index contributed by atoms with van der Waals surface area (Å²) in [5.74, 6) is -0.00359. The van der Waals surface area contributed by atoms with Crippen molar-refractivity contribution >= 4 is 5.78 Å². The number of hydrogen-bond donors (Lipinski definition) is 7. The third-order valence-corrected chi connectivity index (χ3v) is 11.6. The Hall–Kier alpha value is -2.99. The highest BCUT2D eigenvalue weighted by Crippen LogP contribution is 2.67. The number of hydrogen-bond acceptors (Lipinski definition) is 10. The number of rotatable bonds is 17. The van der Waals surface area contributed by atoms with Crippen LogP contribution >= 0.6 is 0 Å². The fraction of sp³-hybridized carbons (Fsp3) is 0.609. The zero-order valence-corrected chi connectivity index (χ0v) is 35.1. The van der Waals surface area contributed by atoms with Crippen molar-refractivity contribution in [2.24, 2.45) is 10.8 Å². The lowest BCUT2D eigenvalue weighted by molar-refractivity contribution is -0.140. The fourth-order valence-electron chi connectivity index (χ4n) is 8.46. The predicted octanol–water partition coefficient (Wildman–Crippen LogP) is 5.58. The minimum atomic E-state index is -1.72. The van der Waals surface area contributed by atoms with Crippen LogP contribution in [0.5, 0.6) is 0 Å². The molecular formula is C46H68O10. The molecule has 3 rings (SSSR count). The van der Waals surface area contributed by atoms with Crippen LogP contribution in [0.2, 0.25) is 0 Å². The number of carbonyl (C=O) groups is 1. The van der Waals surface area contributed by atoms with Gasteiger partial charge in [0, 0.05) is 24.8 Å². The van der Waals surface area contributed by atoms with Gasteiger partial charge in [0.15, 0.2) is 5.78 Å². The SMILES string of the molecule is C\C(C=C=C1C(C)(C)CC(O)C[C@@]1(C)O)=C/C=C/C(C)=C/C=C/C=C(C)/C=C/C=C(\C)C(=O)CC12OC1(C)CC(OC[C@@H](O)[C@@H](O)[C@H](O)[C@H](O)CO)CC2(C)C. The Morgan fingerprint density at radius 3 is 1.91 bits per heavy atom. The maximum absolute atomic E-state index is 13.4. The number of allylic oxidation sites excluding steroid dienone is 14. The number of aliphatic hydroxyl groups excluding tert-OH is 6. The topological polar surface area (TPSA) is 180 Å². The average Bonchev–Trinajstić information content (AvgIpc) is 3.71. The standard InChI is InChI=1S/C46H68O10/c1-30(17-13-18-32(3)21-22-39-42(5,6)23-34(48)24-44(39,9)54)15-11-12-16-31(2)19-14-20-33(4)36(49)27-46-43(7,8)25-35(26-45(46,10)56-46)55-29-38(51)41(53)40(52)37(50)28-47/h11-21,34-35,37-38,40-41,47-48,50-54H,23-29H2,1-10H3/b12-11+,17-13+,19-14+,30-15+,31-16+,32-18+,33-20+/t22?,34?,35?,37-,38-,40-,41-,44-,45?,46?/m1/s1. The number of ketones is 1. The lowest BCUT2D eigenvalue weighted by Gasteiger charge is -2.43. The molecule has 0 aromatic heterocycles. The molecule has 312 valence electrons. The Balaban J connectivity index is 1.52. The van der Waals surface area contributed by atoms with Gasteiger partial charge in [-0.3, -0.25) is 4.79 Å². The van der Waals surface area contributed by atoms with Crippen molar-refractivity contribution in [3.63, 3.8) is 0 Å². The van der Waals surface area contributed by atoms with E-state index < -0.39 is 59.3 Å². The van der Waals surface area contributed by atoms with E-state index in [1.807, 2.05) is 122 Å². The Bertz CT molecular complexity index is 1660. The van der Waals surface area contributed by atoms with Crippen LogP contribution in [0, 0.1) is 10.8 Å². The Morgan fingerprint density at radius 2 is 1.36 bits per heavy atom. The van der Waals surface area contributed by atoms with Crippen LogP contribution in [-0.4, -0.2) is 108 Å². The summed E-state index contributed by atoms with van der Waals surface area (Å²) in [6.07, 6.45) is 16.3. The summed E-state index contributed by atoms with van der Waals surface area (Å²) in [4.78, 5) is 13.4. The molecule has 10 heteroatoms. The van der Waals surface area contributed by atoms with Gasteiger partial charge < -0.3 is 45.2 Å². The van der Waals surface area contributed by atoms with Crippen LogP contribution in [0.1, 0.15) is 101 Å². The zero-order chi connectivity index (χ0) is 42.3. The van der Waals surface area contributed by atoms with Gasteiger partial charge in [0.05, 0.1) is 36.6 Å². The van der Waals surface area contributed by atoms with Crippen LogP contribution < -0.4 is 0 Å². The Labute approximate surface area is 334 Å². The van der Waals surface area contributed by atoms with Gasteiger partial charge in [-0.15, -0.1) is 5.73 Å². The molecule has 1 aliphatic heterocycles. The molecule has 3 fully saturated rings. The molecule has 0 aromatic rings. The summed E-state index contributed by atoms with van der Waals surface area (Å²) in [7, 11) is 0. The minimum absolute atomic E-state index is 0.00359. The first-order valence-electron chi connectivity index (χ1n) is 19.7. The summed E-state index contributed by atoms with van der Waals surface area (Å²) in [5.41, 5.74) is 4.69. The van der Waals surface area contributed by atoms with Gasteiger partial charge in [-0.25, -0.2) is 0 Å². The molecular weight excluding hydrogens is 712 g/mol. The minimum Gasteiger partial charge on any atom is -0.394 e. The van der Waals surface area contributed by atoms with Crippen molar-refractivity contribution in [1.29, 1.82) is 0 Å². The van der Waals surface area contributed by atoms with Crippen molar-refractivity contribution in [3.05, 3.63) is 100 Å². The Morgan fingerprint density at radius 1 is 0.804 bits per heavy atom. The van der Waals surface area contributed by atoms with E-state index in [2.05, 4.69) is 5.73 Å². The first-order valence-corrected chi connectivity index (χ1v) is 19.7. The summed E-state index contributed by atoms with van der Waals surface area (Å²) in [5, 5.41) is 70.0. The van der Waals surface area contributed by atoms with Gasteiger partial charge in [0.2, 0.25) is 0 Å². The molecule has 2 saturated carbocycles. The van der Waals surface area contributed by atoms with E-state index in [4.69, 9.17) is 14.6 Å². The fourth-order valence-corrected chi connectivity index (χ4v) is 8.46. The first kappa shape index (κ1) is 47.4. The van der Waals surface area contributed by atoms with Gasteiger partial charge in [0.25, 0.3) is 0 Å². The second kappa shape index (κ2) is 19.2. The van der Waals surface area contributed by atoms with E-state index in [-0.39, 0.29) is 30.3 Å². The van der Waals surface area contributed by atoms with Gasteiger partial charge >= 0.3 is 0 Å². The molecule has 1 saturated heterocycles. The summed E-state index contributed by atoms with van der Waals surface area (Å²) in [6.45, 7) is 18.6. The molecule has 56 heavy (non-hydrogen) atoms. The second-order valence-electron chi connectivity index (χ2n) is 17.9. The molecule has 0 amide bonds. The van der Waals surface area contributed by atoms with Crippen molar-refractivity contribution < 1.29 is 50.0 Å². The lowest BCUT2D eigenvalue weighted by atomic mass is 9.61. The number of ether oxygens (including phenoxy) is 2. The van der Waals surface area contributed by atoms with E-state index in [9.17, 15) is 35.4 Å². The first-order chi connectivity index (χ1) is 25.9. The molecule has 7 N–H and O–H groups in total.